The SMILES string of the molecule is COC(=O)/C(CCC(C)C)=C(\C(=O)OC)C(C)C. The van der Waals surface area contributed by atoms with E-state index in [2.05, 4.69) is 13.8 Å². The Bertz CT molecular complexity index is 327. The number of rotatable bonds is 6. The average Bonchev–Trinajstić information content (AvgIpc) is 2.31. The first-order valence-corrected chi connectivity index (χ1v) is 6.24. The van der Waals surface area contributed by atoms with Gasteiger partial charge in [0, 0.05) is 5.57 Å². The lowest BCUT2D eigenvalue weighted by Gasteiger charge is -2.16. The maximum atomic E-state index is 11.8. The highest BCUT2D eigenvalue weighted by Gasteiger charge is 2.24. The molecule has 0 aromatic carbocycles. The highest BCUT2D eigenvalue weighted by atomic mass is 16.5. The highest BCUT2D eigenvalue weighted by molar-refractivity contribution is 6.00. The molecule has 104 valence electrons. The van der Waals surface area contributed by atoms with E-state index in [-0.39, 0.29) is 5.92 Å². The minimum atomic E-state index is -0.450. The fourth-order valence-corrected chi connectivity index (χ4v) is 1.72. The first-order valence-electron chi connectivity index (χ1n) is 6.24. The molecule has 0 atom stereocenters. The Morgan fingerprint density at radius 1 is 0.944 bits per heavy atom. The third-order valence-corrected chi connectivity index (χ3v) is 2.71. The van der Waals surface area contributed by atoms with Crippen molar-refractivity contribution in [1.82, 2.24) is 0 Å². The third kappa shape index (κ3) is 4.90. The lowest BCUT2D eigenvalue weighted by Crippen LogP contribution is -2.19. The molecule has 0 bridgehead atoms. The van der Waals surface area contributed by atoms with Crippen LogP contribution in [0, 0.1) is 11.8 Å². The van der Waals surface area contributed by atoms with Crippen LogP contribution in [0.2, 0.25) is 0 Å². The Balaban J connectivity index is 5.41. The molecule has 0 saturated carbocycles. The number of hydrogen-bond donors (Lipinski definition) is 0. The molecular weight excluding hydrogens is 232 g/mol. The van der Waals surface area contributed by atoms with E-state index in [0.717, 1.165) is 6.42 Å². The van der Waals surface area contributed by atoms with Gasteiger partial charge in [0.1, 0.15) is 0 Å². The highest BCUT2D eigenvalue weighted by Crippen LogP contribution is 2.23. The minimum absolute atomic E-state index is 0.0706. The summed E-state index contributed by atoms with van der Waals surface area (Å²) in [6, 6.07) is 0. The summed E-state index contributed by atoms with van der Waals surface area (Å²) in [5.74, 6) is -0.506. The molecule has 0 rings (SSSR count). The van der Waals surface area contributed by atoms with Crippen molar-refractivity contribution >= 4 is 11.9 Å². The van der Waals surface area contributed by atoms with Crippen LogP contribution in [0.3, 0.4) is 0 Å². The molecule has 0 N–H and O–H groups in total. The molecular formula is C14H24O4. The molecule has 0 aromatic heterocycles. The number of esters is 2. The lowest BCUT2D eigenvalue weighted by atomic mass is 9.92. The van der Waals surface area contributed by atoms with Crippen LogP contribution in [0.25, 0.3) is 0 Å². The zero-order valence-electron chi connectivity index (χ0n) is 12.2. The average molecular weight is 256 g/mol. The summed E-state index contributed by atoms with van der Waals surface area (Å²) in [6.07, 6.45) is 1.37. The van der Waals surface area contributed by atoms with Crippen molar-refractivity contribution in [1.29, 1.82) is 0 Å². The number of hydrogen-bond acceptors (Lipinski definition) is 4. The van der Waals surface area contributed by atoms with Crippen LogP contribution >= 0.6 is 0 Å². The summed E-state index contributed by atoms with van der Waals surface area (Å²) in [7, 11) is 2.65. The molecule has 18 heavy (non-hydrogen) atoms. The van der Waals surface area contributed by atoms with Gasteiger partial charge >= 0.3 is 11.9 Å². The largest absolute Gasteiger partial charge is 0.466 e. The van der Waals surface area contributed by atoms with Crippen molar-refractivity contribution in [3.63, 3.8) is 0 Å². The maximum Gasteiger partial charge on any atom is 0.334 e. The number of methoxy groups -OCH3 is 2. The summed E-state index contributed by atoms with van der Waals surface area (Å²) in [6.45, 7) is 7.87. The topological polar surface area (TPSA) is 52.6 Å². The van der Waals surface area contributed by atoms with Crippen molar-refractivity contribution in [2.75, 3.05) is 14.2 Å². The number of carbonyl (C=O) groups is 2. The van der Waals surface area contributed by atoms with E-state index in [1.165, 1.54) is 14.2 Å². The van der Waals surface area contributed by atoms with Gasteiger partial charge in [0.25, 0.3) is 0 Å². The van der Waals surface area contributed by atoms with Crippen molar-refractivity contribution in [3.05, 3.63) is 11.1 Å². The van der Waals surface area contributed by atoms with Crippen LogP contribution in [0.5, 0.6) is 0 Å². The quantitative estimate of drug-likeness (QED) is 0.541. The van der Waals surface area contributed by atoms with Crippen molar-refractivity contribution in [3.8, 4) is 0 Å². The van der Waals surface area contributed by atoms with Crippen molar-refractivity contribution in [2.45, 2.75) is 40.5 Å². The smallest absolute Gasteiger partial charge is 0.334 e. The van der Waals surface area contributed by atoms with Crippen LogP contribution in [0.1, 0.15) is 40.5 Å². The van der Waals surface area contributed by atoms with E-state index in [0.29, 0.717) is 23.5 Å². The molecule has 0 aliphatic rings. The Labute approximate surface area is 109 Å². The minimum Gasteiger partial charge on any atom is -0.466 e. The molecule has 0 aliphatic carbocycles. The second-order valence-corrected chi connectivity index (χ2v) is 4.96. The van der Waals surface area contributed by atoms with E-state index < -0.39 is 11.9 Å². The Morgan fingerprint density at radius 3 is 1.78 bits per heavy atom. The van der Waals surface area contributed by atoms with Gasteiger partial charge in [0.05, 0.1) is 19.8 Å². The fourth-order valence-electron chi connectivity index (χ4n) is 1.72. The van der Waals surface area contributed by atoms with Gasteiger partial charge < -0.3 is 9.47 Å². The molecule has 4 heteroatoms. The van der Waals surface area contributed by atoms with Crippen LogP contribution in [0.4, 0.5) is 0 Å². The molecule has 0 saturated heterocycles. The van der Waals surface area contributed by atoms with Crippen LogP contribution in [0.15, 0.2) is 11.1 Å². The second kappa shape index (κ2) is 7.90. The Hall–Kier alpha value is -1.32. The molecule has 4 nitrogen and oxygen atoms in total. The second-order valence-electron chi connectivity index (χ2n) is 4.96. The Morgan fingerprint density at radius 2 is 1.44 bits per heavy atom. The van der Waals surface area contributed by atoms with Gasteiger partial charge in [0.15, 0.2) is 0 Å². The predicted molar refractivity (Wildman–Crippen MR) is 70.0 cm³/mol. The number of carbonyl (C=O) groups excluding carboxylic acids is 2. The Kier molecular flexibility index (Phi) is 7.32. The van der Waals surface area contributed by atoms with Gasteiger partial charge in [-0.25, -0.2) is 9.59 Å². The normalized spacial score (nSPS) is 12.4. The third-order valence-electron chi connectivity index (χ3n) is 2.71. The molecule has 0 radical (unpaired) electrons. The summed E-state index contributed by atoms with van der Waals surface area (Å²) >= 11 is 0. The zero-order chi connectivity index (χ0) is 14.3. The van der Waals surface area contributed by atoms with Gasteiger partial charge in [-0.2, -0.15) is 0 Å². The van der Waals surface area contributed by atoms with Gasteiger partial charge in [-0.05, 0) is 24.7 Å². The monoisotopic (exact) mass is 256 g/mol. The van der Waals surface area contributed by atoms with E-state index >= 15 is 0 Å². The van der Waals surface area contributed by atoms with Crippen LogP contribution in [-0.4, -0.2) is 26.2 Å². The molecule has 0 aromatic rings. The van der Waals surface area contributed by atoms with E-state index in [4.69, 9.17) is 9.47 Å². The summed E-state index contributed by atoms with van der Waals surface area (Å²) in [5, 5.41) is 0. The predicted octanol–water partition coefficient (Wildman–Crippen LogP) is 2.72. The van der Waals surface area contributed by atoms with Gasteiger partial charge in [0.2, 0.25) is 0 Å². The van der Waals surface area contributed by atoms with Gasteiger partial charge in [-0.3, -0.25) is 0 Å². The maximum absolute atomic E-state index is 11.8. The zero-order valence-corrected chi connectivity index (χ0v) is 12.2. The summed E-state index contributed by atoms with van der Waals surface area (Å²) in [4.78, 5) is 23.6. The summed E-state index contributed by atoms with van der Waals surface area (Å²) < 4.78 is 9.52. The van der Waals surface area contributed by atoms with E-state index in [1.54, 1.807) is 0 Å². The van der Waals surface area contributed by atoms with E-state index in [9.17, 15) is 9.59 Å². The fraction of sp³-hybridized carbons (Fsp3) is 0.714. The van der Waals surface area contributed by atoms with Crippen LogP contribution in [-0.2, 0) is 19.1 Å². The molecule has 0 unspecified atom stereocenters. The van der Waals surface area contributed by atoms with E-state index in [1.807, 2.05) is 13.8 Å². The van der Waals surface area contributed by atoms with Gasteiger partial charge in [-0.15, -0.1) is 0 Å². The molecule has 0 aliphatic heterocycles. The standard InChI is InChI=1S/C14H24O4/c1-9(2)7-8-11(13(15)17-5)12(10(3)4)14(16)18-6/h9-10H,7-8H2,1-6H3/b12-11-. The van der Waals surface area contributed by atoms with Crippen LogP contribution < -0.4 is 0 Å². The van der Waals surface area contributed by atoms with Crippen molar-refractivity contribution < 1.29 is 19.1 Å². The molecule has 0 spiro atoms. The molecule has 0 heterocycles. The summed E-state index contributed by atoms with van der Waals surface area (Å²) in [5.41, 5.74) is 0.859. The number of ether oxygens (including phenoxy) is 2. The lowest BCUT2D eigenvalue weighted by molar-refractivity contribution is -0.139. The molecule has 0 amide bonds. The first-order chi connectivity index (χ1) is 8.34. The molecule has 0 fully saturated rings. The van der Waals surface area contributed by atoms with Gasteiger partial charge in [-0.1, -0.05) is 27.7 Å². The van der Waals surface area contributed by atoms with Crippen molar-refractivity contribution in [2.24, 2.45) is 11.8 Å². The first kappa shape index (κ1) is 16.7.